The maximum absolute atomic E-state index is 11.8. The molecule has 0 aliphatic rings. The van der Waals surface area contributed by atoms with E-state index in [0.717, 1.165) is 32.1 Å². The first-order chi connectivity index (χ1) is 17.0. The minimum atomic E-state index is -0.247. The van der Waals surface area contributed by atoms with E-state index in [1.807, 2.05) is 55.5 Å². The van der Waals surface area contributed by atoms with Gasteiger partial charge in [0.05, 0.1) is 0 Å². The first-order valence-corrected chi connectivity index (χ1v) is 12.1. The second-order valence-corrected chi connectivity index (χ2v) is 8.25. The number of carbonyl (C=O) groups is 3. The normalized spacial score (nSPS) is 10.0. The van der Waals surface area contributed by atoms with Crippen LogP contribution in [0.1, 0.15) is 57.1 Å². The number of hydrogen-bond acceptors (Lipinski definition) is 4. The molecule has 0 aliphatic heterocycles. The van der Waals surface area contributed by atoms with E-state index in [2.05, 4.69) is 17.4 Å². The SMILES string of the molecule is CC(=O)Nc1ccc(OC(=O)CCCc2ccccc2)cc1.CCC(=O)CCCc1ccccc1. The molecule has 0 atom stereocenters. The first kappa shape index (κ1) is 27.5. The van der Waals surface area contributed by atoms with E-state index >= 15 is 0 Å². The predicted molar refractivity (Wildman–Crippen MR) is 140 cm³/mol. The zero-order chi connectivity index (χ0) is 25.3. The van der Waals surface area contributed by atoms with Gasteiger partial charge in [0.2, 0.25) is 5.91 Å². The Balaban J connectivity index is 0.000000283. The third-order valence-electron chi connectivity index (χ3n) is 5.25. The minimum Gasteiger partial charge on any atom is -0.427 e. The van der Waals surface area contributed by atoms with Crippen molar-refractivity contribution < 1.29 is 19.1 Å². The van der Waals surface area contributed by atoms with Gasteiger partial charge in [-0.15, -0.1) is 0 Å². The number of amides is 1. The van der Waals surface area contributed by atoms with Gasteiger partial charge in [0, 0.05) is 31.9 Å². The number of rotatable bonds is 11. The monoisotopic (exact) mass is 473 g/mol. The molecule has 0 saturated heterocycles. The summed E-state index contributed by atoms with van der Waals surface area (Å²) in [4.78, 5) is 33.7. The molecule has 0 heterocycles. The molecule has 0 unspecified atom stereocenters. The summed E-state index contributed by atoms with van der Waals surface area (Å²) in [5, 5.41) is 2.66. The Bertz CT molecular complexity index is 1030. The van der Waals surface area contributed by atoms with Gasteiger partial charge in [-0.1, -0.05) is 67.6 Å². The van der Waals surface area contributed by atoms with Gasteiger partial charge in [-0.05, 0) is 61.1 Å². The van der Waals surface area contributed by atoms with Crippen molar-refractivity contribution in [3.63, 3.8) is 0 Å². The van der Waals surface area contributed by atoms with Crippen LogP contribution in [0.3, 0.4) is 0 Å². The van der Waals surface area contributed by atoms with Gasteiger partial charge in [-0.25, -0.2) is 0 Å². The van der Waals surface area contributed by atoms with Crippen molar-refractivity contribution in [2.75, 3.05) is 5.32 Å². The summed E-state index contributed by atoms with van der Waals surface area (Å²) in [5.41, 5.74) is 3.22. The van der Waals surface area contributed by atoms with E-state index in [4.69, 9.17) is 4.74 Å². The molecule has 5 nitrogen and oxygen atoms in total. The van der Waals surface area contributed by atoms with E-state index in [-0.39, 0.29) is 11.9 Å². The summed E-state index contributed by atoms with van der Waals surface area (Å²) < 4.78 is 5.26. The van der Waals surface area contributed by atoms with Gasteiger partial charge >= 0.3 is 5.97 Å². The molecule has 0 spiro atoms. The number of carbonyl (C=O) groups excluding carboxylic acids is 3. The number of esters is 1. The standard InChI is InChI=1S/C18H19NO3.C12H16O/c1-14(20)19-16-10-12-17(13-11-16)22-18(21)9-5-8-15-6-3-2-4-7-15;1-2-12(13)10-6-9-11-7-4-3-5-8-11/h2-4,6-7,10-13H,5,8-9H2,1H3,(H,19,20);3-5,7-8H,2,6,9-10H2,1H3. The van der Waals surface area contributed by atoms with Crippen molar-refractivity contribution in [1.82, 2.24) is 0 Å². The van der Waals surface area contributed by atoms with Crippen LogP contribution in [0.5, 0.6) is 5.75 Å². The van der Waals surface area contributed by atoms with Gasteiger partial charge in [0.15, 0.2) is 0 Å². The largest absolute Gasteiger partial charge is 0.427 e. The number of nitrogens with one attached hydrogen (secondary N) is 1. The van der Waals surface area contributed by atoms with Crippen LogP contribution in [0.4, 0.5) is 5.69 Å². The molecule has 3 aromatic rings. The molecule has 1 amide bonds. The molecule has 3 rings (SSSR count). The molecule has 5 heteroatoms. The summed E-state index contributed by atoms with van der Waals surface area (Å²) in [6.45, 7) is 3.37. The lowest BCUT2D eigenvalue weighted by Crippen LogP contribution is -2.08. The fourth-order valence-electron chi connectivity index (χ4n) is 3.38. The lowest BCUT2D eigenvalue weighted by Gasteiger charge is -2.06. The van der Waals surface area contributed by atoms with Crippen LogP contribution in [-0.2, 0) is 27.2 Å². The predicted octanol–water partition coefficient (Wildman–Crippen LogP) is 6.56. The van der Waals surface area contributed by atoms with Crippen molar-refractivity contribution in [3.05, 3.63) is 96.1 Å². The quantitative estimate of drug-likeness (QED) is 0.253. The molecule has 0 aromatic heterocycles. The first-order valence-electron chi connectivity index (χ1n) is 12.1. The van der Waals surface area contributed by atoms with E-state index in [9.17, 15) is 14.4 Å². The zero-order valence-electron chi connectivity index (χ0n) is 20.7. The fraction of sp³-hybridized carbons (Fsp3) is 0.300. The maximum atomic E-state index is 11.8. The van der Waals surface area contributed by atoms with Gasteiger partial charge < -0.3 is 10.1 Å². The Hall–Kier alpha value is -3.73. The Morgan fingerprint density at radius 3 is 1.71 bits per heavy atom. The number of ketones is 1. The van der Waals surface area contributed by atoms with Crippen LogP contribution in [-0.4, -0.2) is 17.7 Å². The smallest absolute Gasteiger partial charge is 0.311 e. The number of benzene rings is 3. The van der Waals surface area contributed by atoms with Gasteiger partial charge in [0.1, 0.15) is 11.5 Å². The molecule has 0 radical (unpaired) electrons. The van der Waals surface area contributed by atoms with Crippen LogP contribution in [0.25, 0.3) is 0 Å². The van der Waals surface area contributed by atoms with Crippen molar-refractivity contribution in [2.24, 2.45) is 0 Å². The molecule has 0 aliphatic carbocycles. The third-order valence-corrected chi connectivity index (χ3v) is 5.25. The molecule has 1 N–H and O–H groups in total. The molecular weight excluding hydrogens is 438 g/mol. The average Bonchev–Trinajstić information content (AvgIpc) is 2.86. The highest BCUT2D eigenvalue weighted by Gasteiger charge is 2.05. The maximum Gasteiger partial charge on any atom is 0.311 e. The Kier molecular flexibility index (Phi) is 12.6. The van der Waals surface area contributed by atoms with Gasteiger partial charge in [0.25, 0.3) is 0 Å². The van der Waals surface area contributed by atoms with Crippen molar-refractivity contribution >= 4 is 23.3 Å². The molecule has 0 saturated carbocycles. The highest BCUT2D eigenvalue weighted by Crippen LogP contribution is 2.16. The summed E-state index contributed by atoms with van der Waals surface area (Å²) in [6.07, 6.45) is 5.40. The van der Waals surface area contributed by atoms with Gasteiger partial charge in [-0.3, -0.25) is 14.4 Å². The number of anilines is 1. The second-order valence-electron chi connectivity index (χ2n) is 8.25. The van der Waals surface area contributed by atoms with Crippen LogP contribution >= 0.6 is 0 Å². The van der Waals surface area contributed by atoms with E-state index in [1.54, 1.807) is 24.3 Å². The lowest BCUT2D eigenvalue weighted by atomic mass is 10.1. The molecule has 3 aromatic carbocycles. The van der Waals surface area contributed by atoms with E-state index in [1.165, 1.54) is 18.1 Å². The van der Waals surface area contributed by atoms with Crippen LogP contribution in [0.15, 0.2) is 84.9 Å². The highest BCUT2D eigenvalue weighted by molar-refractivity contribution is 5.88. The average molecular weight is 474 g/mol. The Morgan fingerprint density at radius 2 is 1.23 bits per heavy atom. The van der Waals surface area contributed by atoms with Gasteiger partial charge in [-0.2, -0.15) is 0 Å². The van der Waals surface area contributed by atoms with Crippen LogP contribution < -0.4 is 10.1 Å². The summed E-state index contributed by atoms with van der Waals surface area (Å²) in [7, 11) is 0. The third kappa shape index (κ3) is 12.3. The second kappa shape index (κ2) is 16.0. The molecular formula is C30H35NO4. The highest BCUT2D eigenvalue weighted by atomic mass is 16.5. The topological polar surface area (TPSA) is 72.5 Å². The Morgan fingerprint density at radius 1 is 0.714 bits per heavy atom. The van der Waals surface area contributed by atoms with Crippen LogP contribution in [0, 0.1) is 0 Å². The summed E-state index contributed by atoms with van der Waals surface area (Å²) in [5.74, 6) is 0.476. The van der Waals surface area contributed by atoms with E-state index < -0.39 is 0 Å². The van der Waals surface area contributed by atoms with Crippen molar-refractivity contribution in [2.45, 2.75) is 58.8 Å². The van der Waals surface area contributed by atoms with E-state index in [0.29, 0.717) is 30.1 Å². The summed E-state index contributed by atoms with van der Waals surface area (Å²) in [6, 6.07) is 27.1. The Labute approximate surface area is 208 Å². The molecule has 0 fully saturated rings. The molecule has 0 bridgehead atoms. The zero-order valence-corrected chi connectivity index (χ0v) is 20.7. The summed E-state index contributed by atoms with van der Waals surface area (Å²) >= 11 is 0. The fourth-order valence-corrected chi connectivity index (χ4v) is 3.38. The number of aryl methyl sites for hydroxylation is 2. The number of ether oxygens (including phenoxy) is 1. The number of Topliss-reactive ketones (excluding diaryl/α,β-unsaturated/α-hetero) is 1. The van der Waals surface area contributed by atoms with Crippen molar-refractivity contribution in [3.8, 4) is 5.75 Å². The molecule has 184 valence electrons. The minimum absolute atomic E-state index is 0.134. The molecule has 35 heavy (non-hydrogen) atoms. The van der Waals surface area contributed by atoms with Crippen LogP contribution in [0.2, 0.25) is 0 Å². The lowest BCUT2D eigenvalue weighted by molar-refractivity contribution is -0.134. The number of hydrogen-bond donors (Lipinski definition) is 1. The van der Waals surface area contributed by atoms with Crippen molar-refractivity contribution in [1.29, 1.82) is 0 Å².